The quantitative estimate of drug-likeness (QED) is 0.902. The van der Waals surface area contributed by atoms with E-state index in [0.717, 1.165) is 4.47 Å². The van der Waals surface area contributed by atoms with Crippen molar-refractivity contribution >= 4 is 33.5 Å². The molecule has 2 rings (SSSR count). The molecular weight excluding hydrogens is 298 g/mol. The molecular formula is C13H14BrNO3. The number of carboxylic acids is 1. The number of nitrogens with one attached hydrogen (secondary N) is 1. The molecule has 0 aromatic heterocycles. The second kappa shape index (κ2) is 4.39. The Balaban J connectivity index is 2.08. The Kier molecular flexibility index (Phi) is 3.19. The molecule has 0 saturated heterocycles. The largest absolute Gasteiger partial charge is 0.481 e. The van der Waals surface area contributed by atoms with Gasteiger partial charge in [0.2, 0.25) is 5.91 Å². The molecule has 0 radical (unpaired) electrons. The molecule has 0 bridgehead atoms. The van der Waals surface area contributed by atoms with Crippen molar-refractivity contribution in [3.05, 3.63) is 28.7 Å². The van der Waals surface area contributed by atoms with Gasteiger partial charge in [0, 0.05) is 10.2 Å². The van der Waals surface area contributed by atoms with Crippen LogP contribution in [0.4, 0.5) is 5.69 Å². The summed E-state index contributed by atoms with van der Waals surface area (Å²) >= 11 is 3.32. The first kappa shape index (κ1) is 13.1. The van der Waals surface area contributed by atoms with Gasteiger partial charge in [-0.15, -0.1) is 0 Å². The highest BCUT2D eigenvalue weighted by molar-refractivity contribution is 9.10. The lowest BCUT2D eigenvalue weighted by molar-refractivity contribution is -0.140. The Labute approximate surface area is 114 Å². The SMILES string of the molecule is CC1(C)C(C(=O)O)C1C(=O)Nc1cccc(Br)c1. The van der Waals surface area contributed by atoms with Crippen LogP contribution in [0.5, 0.6) is 0 Å². The van der Waals surface area contributed by atoms with Crippen LogP contribution in [0.15, 0.2) is 28.7 Å². The minimum absolute atomic E-state index is 0.231. The minimum Gasteiger partial charge on any atom is -0.481 e. The summed E-state index contributed by atoms with van der Waals surface area (Å²) in [5.41, 5.74) is 0.197. The monoisotopic (exact) mass is 311 g/mol. The molecule has 1 aliphatic carbocycles. The van der Waals surface area contributed by atoms with E-state index in [9.17, 15) is 9.59 Å². The number of carbonyl (C=O) groups is 2. The smallest absolute Gasteiger partial charge is 0.307 e. The fourth-order valence-corrected chi connectivity index (χ4v) is 2.77. The average molecular weight is 312 g/mol. The van der Waals surface area contributed by atoms with Crippen LogP contribution in [-0.4, -0.2) is 17.0 Å². The van der Waals surface area contributed by atoms with Crippen molar-refractivity contribution in [3.8, 4) is 0 Å². The lowest BCUT2D eigenvalue weighted by Crippen LogP contribution is -2.17. The Bertz CT molecular complexity index is 513. The molecule has 1 amide bonds. The third kappa shape index (κ3) is 2.27. The molecule has 1 fully saturated rings. The molecule has 5 heteroatoms. The molecule has 4 nitrogen and oxygen atoms in total. The van der Waals surface area contributed by atoms with Gasteiger partial charge in [-0.25, -0.2) is 0 Å². The first-order chi connectivity index (χ1) is 8.34. The number of halogens is 1. The van der Waals surface area contributed by atoms with Gasteiger partial charge in [0.15, 0.2) is 0 Å². The Morgan fingerprint density at radius 1 is 1.33 bits per heavy atom. The van der Waals surface area contributed by atoms with Crippen molar-refractivity contribution in [2.45, 2.75) is 13.8 Å². The van der Waals surface area contributed by atoms with Crippen molar-refractivity contribution in [2.24, 2.45) is 17.3 Å². The highest BCUT2D eigenvalue weighted by Crippen LogP contribution is 2.58. The van der Waals surface area contributed by atoms with Crippen molar-refractivity contribution in [1.82, 2.24) is 0 Å². The summed E-state index contributed by atoms with van der Waals surface area (Å²) in [7, 11) is 0. The maximum absolute atomic E-state index is 12.0. The standard InChI is InChI=1S/C13H14BrNO3/c1-13(2)9(10(13)12(17)18)11(16)15-8-5-3-4-7(14)6-8/h3-6,9-10H,1-2H3,(H,15,16)(H,17,18). The molecule has 2 unspecified atom stereocenters. The van der Waals surface area contributed by atoms with Gasteiger partial charge in [0.05, 0.1) is 11.8 Å². The topological polar surface area (TPSA) is 66.4 Å². The molecule has 0 spiro atoms. The first-order valence-electron chi connectivity index (χ1n) is 5.63. The molecule has 1 aromatic rings. The molecule has 2 atom stereocenters. The van der Waals surface area contributed by atoms with Crippen molar-refractivity contribution < 1.29 is 14.7 Å². The highest BCUT2D eigenvalue weighted by atomic mass is 79.9. The summed E-state index contributed by atoms with van der Waals surface area (Å²) in [5.74, 6) is -2.20. The number of amides is 1. The molecule has 96 valence electrons. The number of anilines is 1. The number of hydrogen-bond donors (Lipinski definition) is 2. The minimum atomic E-state index is -0.908. The molecule has 18 heavy (non-hydrogen) atoms. The number of carboxylic acid groups (broad SMARTS) is 1. The second-order valence-electron chi connectivity index (χ2n) is 5.11. The third-order valence-corrected chi connectivity index (χ3v) is 3.96. The molecule has 1 aliphatic rings. The normalized spacial score (nSPS) is 24.4. The Morgan fingerprint density at radius 3 is 2.50 bits per heavy atom. The van der Waals surface area contributed by atoms with Gasteiger partial charge in [-0.3, -0.25) is 9.59 Å². The van der Waals surface area contributed by atoms with E-state index in [4.69, 9.17) is 5.11 Å². The number of aliphatic carboxylic acids is 1. The zero-order valence-electron chi connectivity index (χ0n) is 10.1. The highest BCUT2D eigenvalue weighted by Gasteiger charge is 2.65. The summed E-state index contributed by atoms with van der Waals surface area (Å²) in [5, 5.41) is 11.8. The van der Waals surface area contributed by atoms with Crippen LogP contribution in [0.2, 0.25) is 0 Å². The van der Waals surface area contributed by atoms with Crippen molar-refractivity contribution in [3.63, 3.8) is 0 Å². The van der Waals surface area contributed by atoms with Gasteiger partial charge < -0.3 is 10.4 Å². The summed E-state index contributed by atoms with van der Waals surface area (Å²) in [6.07, 6.45) is 0. The van der Waals surface area contributed by atoms with E-state index in [1.54, 1.807) is 26.0 Å². The van der Waals surface area contributed by atoms with Crippen LogP contribution in [0.25, 0.3) is 0 Å². The predicted octanol–water partition coefficient (Wildman–Crippen LogP) is 2.74. The van der Waals surface area contributed by atoms with Crippen molar-refractivity contribution in [2.75, 3.05) is 5.32 Å². The van der Waals surface area contributed by atoms with Gasteiger partial charge in [0.1, 0.15) is 0 Å². The Hall–Kier alpha value is -1.36. The zero-order valence-corrected chi connectivity index (χ0v) is 11.7. The van der Waals surface area contributed by atoms with Crippen LogP contribution in [0, 0.1) is 17.3 Å². The third-order valence-electron chi connectivity index (χ3n) is 3.47. The summed E-state index contributed by atoms with van der Waals surface area (Å²) in [4.78, 5) is 23.0. The van der Waals surface area contributed by atoms with E-state index in [1.807, 2.05) is 12.1 Å². The van der Waals surface area contributed by atoms with E-state index >= 15 is 0 Å². The van der Waals surface area contributed by atoms with E-state index < -0.39 is 23.2 Å². The van der Waals surface area contributed by atoms with Gasteiger partial charge in [-0.2, -0.15) is 0 Å². The van der Waals surface area contributed by atoms with E-state index in [2.05, 4.69) is 21.2 Å². The number of benzene rings is 1. The van der Waals surface area contributed by atoms with Crippen LogP contribution < -0.4 is 5.32 Å². The molecule has 1 saturated carbocycles. The fraction of sp³-hybridized carbons (Fsp3) is 0.385. The fourth-order valence-electron chi connectivity index (χ4n) is 2.37. The van der Waals surface area contributed by atoms with Crippen molar-refractivity contribution in [1.29, 1.82) is 0 Å². The number of hydrogen-bond acceptors (Lipinski definition) is 2. The van der Waals surface area contributed by atoms with E-state index in [1.165, 1.54) is 0 Å². The number of carbonyl (C=O) groups excluding carboxylic acids is 1. The second-order valence-corrected chi connectivity index (χ2v) is 6.03. The van der Waals surface area contributed by atoms with Gasteiger partial charge in [-0.05, 0) is 23.6 Å². The van der Waals surface area contributed by atoms with Gasteiger partial charge in [-0.1, -0.05) is 35.8 Å². The summed E-state index contributed by atoms with van der Waals surface area (Å²) in [6.45, 7) is 3.61. The summed E-state index contributed by atoms with van der Waals surface area (Å²) in [6, 6.07) is 7.22. The Morgan fingerprint density at radius 2 is 2.00 bits per heavy atom. The van der Waals surface area contributed by atoms with Crippen LogP contribution in [0.1, 0.15) is 13.8 Å². The maximum Gasteiger partial charge on any atom is 0.307 e. The maximum atomic E-state index is 12.0. The molecule has 2 N–H and O–H groups in total. The van der Waals surface area contributed by atoms with E-state index in [0.29, 0.717) is 5.69 Å². The average Bonchev–Trinajstić information content (AvgIpc) is 2.81. The van der Waals surface area contributed by atoms with Crippen LogP contribution >= 0.6 is 15.9 Å². The molecule has 1 aromatic carbocycles. The molecule has 0 aliphatic heterocycles. The van der Waals surface area contributed by atoms with E-state index in [-0.39, 0.29) is 5.91 Å². The lowest BCUT2D eigenvalue weighted by atomic mass is 10.1. The zero-order chi connectivity index (χ0) is 13.5. The summed E-state index contributed by atoms with van der Waals surface area (Å²) < 4.78 is 0.866. The number of rotatable bonds is 3. The van der Waals surface area contributed by atoms with Crippen LogP contribution in [-0.2, 0) is 9.59 Å². The predicted molar refractivity (Wildman–Crippen MR) is 71.2 cm³/mol. The van der Waals surface area contributed by atoms with Gasteiger partial charge in [0.25, 0.3) is 0 Å². The lowest BCUT2D eigenvalue weighted by Gasteiger charge is -2.06. The molecule has 0 heterocycles. The first-order valence-corrected chi connectivity index (χ1v) is 6.42. The van der Waals surface area contributed by atoms with Gasteiger partial charge >= 0.3 is 5.97 Å². The van der Waals surface area contributed by atoms with Crippen LogP contribution in [0.3, 0.4) is 0 Å².